The van der Waals surface area contributed by atoms with Crippen LogP contribution in [0.15, 0.2) is 72.8 Å². The first-order chi connectivity index (χ1) is 18.8. The molecule has 40 heavy (non-hydrogen) atoms. The van der Waals surface area contributed by atoms with Crippen LogP contribution in [0.25, 0.3) is 0 Å². The van der Waals surface area contributed by atoms with E-state index in [-0.39, 0.29) is 56.3 Å². The molecule has 0 heterocycles. The van der Waals surface area contributed by atoms with Crippen molar-refractivity contribution in [1.82, 2.24) is 5.32 Å². The number of carbonyl (C=O) groups is 3. The summed E-state index contributed by atoms with van der Waals surface area (Å²) in [5.41, 5.74) is 0.861. The number of aliphatic hydroxyl groups is 1. The molecule has 0 bridgehead atoms. The summed E-state index contributed by atoms with van der Waals surface area (Å²) in [7, 11) is 0. The molecule has 0 radical (unpaired) electrons. The van der Waals surface area contributed by atoms with Crippen molar-refractivity contribution in [3.63, 3.8) is 0 Å². The number of benzene rings is 3. The molecule has 0 aliphatic heterocycles. The number of β-amino-alcohol motifs (C(OH)–C–C–N with tert-alkyl or cyclic N) is 1. The molecule has 214 valence electrons. The molecule has 0 aromatic heterocycles. The number of rotatable bonds is 13. The predicted octanol–water partition coefficient (Wildman–Crippen LogP) is 1.99. The fourth-order valence-corrected chi connectivity index (χ4v) is 5.09. The molecular formula is C31H38IN4O4-. The molecule has 1 amide bonds. The second-order valence-corrected chi connectivity index (χ2v) is 12.4. The molecule has 1 unspecified atom stereocenters. The van der Waals surface area contributed by atoms with Crippen LogP contribution >= 0.6 is 0 Å². The molecule has 5 N–H and O–H groups in total. The van der Waals surface area contributed by atoms with E-state index in [9.17, 15) is 19.5 Å². The van der Waals surface area contributed by atoms with Crippen molar-refractivity contribution < 1.29 is 41.0 Å². The van der Waals surface area contributed by atoms with Crippen LogP contribution in [0.1, 0.15) is 65.7 Å². The molecule has 0 spiro atoms. The first-order valence-electron chi connectivity index (χ1n) is 13.0. The Labute approximate surface area is 247 Å². The van der Waals surface area contributed by atoms with E-state index in [4.69, 9.17) is 0 Å². The van der Waals surface area contributed by atoms with E-state index < -0.39 is 23.1 Å². The second-order valence-electron chi connectivity index (χ2n) is 10.7. The Balaban J connectivity index is 2.01. The van der Waals surface area contributed by atoms with Crippen LogP contribution < -0.4 is 41.0 Å². The van der Waals surface area contributed by atoms with Crippen LogP contribution in [0.2, 0.25) is 0 Å². The van der Waals surface area contributed by atoms with E-state index >= 15 is 0 Å². The Morgan fingerprint density at radius 1 is 0.775 bits per heavy atom. The van der Waals surface area contributed by atoms with E-state index in [1.807, 2.05) is 48.5 Å². The van der Waals surface area contributed by atoms with E-state index in [1.165, 1.54) is 18.2 Å². The summed E-state index contributed by atoms with van der Waals surface area (Å²) in [5, 5.41) is 18.9. The summed E-state index contributed by atoms with van der Waals surface area (Å²) in [4.78, 5) is 43.0. The topological polar surface area (TPSA) is 120 Å². The van der Waals surface area contributed by atoms with Gasteiger partial charge in [0, 0.05) is 12.2 Å². The van der Waals surface area contributed by atoms with E-state index in [0.29, 0.717) is 5.69 Å². The third kappa shape index (κ3) is 8.36. The average molecular weight is 658 g/mol. The number of halogens is 1. The Morgan fingerprint density at radius 2 is 1.32 bits per heavy atom. The van der Waals surface area contributed by atoms with Gasteiger partial charge in [-0.2, -0.15) is 0 Å². The molecule has 0 saturated carbocycles. The van der Waals surface area contributed by atoms with Gasteiger partial charge in [0.05, 0.1) is 6.10 Å². The molecular weight excluding hydrogens is 619 g/mol. The maximum absolute atomic E-state index is 13.8. The van der Waals surface area contributed by atoms with Crippen molar-refractivity contribution >= 4 is 34.5 Å². The van der Waals surface area contributed by atoms with Crippen molar-refractivity contribution in [2.45, 2.75) is 51.8 Å². The van der Waals surface area contributed by atoms with E-state index in [0.717, 1.165) is 11.4 Å². The van der Waals surface area contributed by atoms with Crippen LogP contribution in [-0.2, 0) is 0 Å². The zero-order valence-electron chi connectivity index (χ0n) is 23.8. The van der Waals surface area contributed by atoms with Gasteiger partial charge >= 0.3 is 187 Å². The van der Waals surface area contributed by atoms with Crippen molar-refractivity contribution in [1.29, 1.82) is 0 Å². The molecule has 8 nitrogen and oxygen atoms in total. The summed E-state index contributed by atoms with van der Waals surface area (Å²) in [6.07, 6.45) is -0.647. The number of hydrogen-bond donors (Lipinski definition) is 5. The van der Waals surface area contributed by atoms with Gasteiger partial charge < -0.3 is 5.11 Å². The molecule has 3 aromatic rings. The number of Topliss-reactive ketones (excluding diaryl/α,β-unsaturated/α-hetero) is 2. The van der Waals surface area contributed by atoms with Crippen molar-refractivity contribution in [2.24, 2.45) is 0 Å². The maximum atomic E-state index is 13.8. The minimum atomic E-state index is -1.05. The van der Waals surface area contributed by atoms with Crippen molar-refractivity contribution in [3.8, 4) is 0 Å². The van der Waals surface area contributed by atoms with Gasteiger partial charge in [-0.25, -0.2) is 0 Å². The molecule has 0 saturated heterocycles. The number of aliphatic hydroxyl groups excluding tert-OH is 1. The average Bonchev–Trinajstić information content (AvgIpc) is 2.91. The van der Waals surface area contributed by atoms with Gasteiger partial charge in [-0.15, -0.1) is 0 Å². The SMILES string of the molecule is C[I-]Nc1cccc(NC(=O)c2cc(C(=O)C(C)(C)NCC(C)O)cc(C(=O)C(C)(C)Nc3ccccc3)c2)c1. The number of hydrogen-bond acceptors (Lipinski definition) is 7. The monoisotopic (exact) mass is 657 g/mol. The first kappa shape index (κ1) is 31.3. The molecule has 0 aliphatic carbocycles. The summed E-state index contributed by atoms with van der Waals surface area (Å²) in [6.45, 7) is 8.79. The number of ketones is 2. The van der Waals surface area contributed by atoms with Gasteiger partial charge in [0.2, 0.25) is 0 Å². The van der Waals surface area contributed by atoms with E-state index in [1.54, 1.807) is 40.7 Å². The fraction of sp³-hybridized carbons (Fsp3) is 0.323. The van der Waals surface area contributed by atoms with Crippen LogP contribution in [0.3, 0.4) is 0 Å². The molecule has 3 rings (SSSR count). The van der Waals surface area contributed by atoms with Crippen molar-refractivity contribution in [2.75, 3.05) is 25.6 Å². The number of para-hydroxylation sites is 1. The molecule has 3 aromatic carbocycles. The molecule has 0 aliphatic rings. The second kappa shape index (κ2) is 13.4. The van der Waals surface area contributed by atoms with Crippen LogP contribution in [0, 0.1) is 0 Å². The third-order valence-corrected chi connectivity index (χ3v) is 7.41. The van der Waals surface area contributed by atoms with Gasteiger partial charge in [-0.1, -0.05) is 18.2 Å². The van der Waals surface area contributed by atoms with Gasteiger partial charge in [-0.3, -0.25) is 0 Å². The summed E-state index contributed by atoms with van der Waals surface area (Å²) >= 11 is -0.189. The van der Waals surface area contributed by atoms with E-state index in [2.05, 4.69) is 24.4 Å². The standard InChI is InChI=1S/C31H38IN4O4/c1-20(37)19-33-30(2,3)27(38)21-15-22(28(39)31(4,5)35-24-11-8-7-9-12-24)17-23(16-21)29(40)34-25-13-10-14-26(18-25)36-32-6/h7-18,20,33,35-37H,19H2,1-6H3,(H,34,40)/q-1. The Kier molecular flexibility index (Phi) is 10.5. The fourth-order valence-electron chi connectivity index (χ4n) is 4.13. The molecule has 0 fully saturated rings. The van der Waals surface area contributed by atoms with Crippen molar-refractivity contribution in [3.05, 3.63) is 89.5 Å². The van der Waals surface area contributed by atoms with Gasteiger partial charge in [-0.05, 0) is 19.1 Å². The number of anilines is 3. The van der Waals surface area contributed by atoms with Gasteiger partial charge in [0.1, 0.15) is 0 Å². The normalized spacial score (nSPS) is 12.5. The molecule has 9 heteroatoms. The Morgan fingerprint density at radius 3 is 1.93 bits per heavy atom. The van der Waals surface area contributed by atoms with Gasteiger partial charge in [0.25, 0.3) is 0 Å². The zero-order valence-corrected chi connectivity index (χ0v) is 25.9. The first-order valence-corrected chi connectivity index (χ1v) is 16.2. The zero-order chi connectivity index (χ0) is 29.5. The minimum absolute atomic E-state index is 0.189. The number of nitrogens with one attached hydrogen (secondary N) is 4. The number of amides is 1. The molecule has 1 atom stereocenters. The number of carbonyl (C=O) groups excluding carboxylic acids is 3. The summed E-state index contributed by atoms with van der Waals surface area (Å²) in [6, 6.07) is 21.4. The van der Waals surface area contributed by atoms with Crippen LogP contribution in [0.4, 0.5) is 17.1 Å². The predicted molar refractivity (Wildman–Crippen MR) is 157 cm³/mol. The third-order valence-electron chi connectivity index (χ3n) is 6.25. The van der Waals surface area contributed by atoms with Crippen LogP contribution in [-0.4, -0.2) is 51.2 Å². The Bertz CT molecular complexity index is 1360. The number of alkyl halides is 1. The summed E-state index contributed by atoms with van der Waals surface area (Å²) in [5.74, 6) is -1.01. The Hall–Kier alpha value is -3.28. The summed E-state index contributed by atoms with van der Waals surface area (Å²) < 4.78 is 3.32. The van der Waals surface area contributed by atoms with Crippen LogP contribution in [0.5, 0.6) is 0 Å². The van der Waals surface area contributed by atoms with Gasteiger partial charge in [0.15, 0.2) is 0 Å². The quantitative estimate of drug-likeness (QED) is 0.0826.